The van der Waals surface area contributed by atoms with Crippen molar-refractivity contribution < 1.29 is 19.0 Å². The fraction of sp³-hybridized carbons (Fsp3) is 0.346. The first-order valence-electron chi connectivity index (χ1n) is 10.6. The van der Waals surface area contributed by atoms with Crippen LogP contribution in [0.4, 0.5) is 5.69 Å². The van der Waals surface area contributed by atoms with Gasteiger partial charge in [0.05, 0.1) is 25.9 Å². The summed E-state index contributed by atoms with van der Waals surface area (Å²) in [7, 11) is 1.62. The molecule has 2 aromatic carbocycles. The number of benzene rings is 2. The first kappa shape index (κ1) is 22.5. The Kier molecular flexibility index (Phi) is 7.06. The molecular formula is C26H31NO4. The van der Waals surface area contributed by atoms with Gasteiger partial charge in [0.1, 0.15) is 0 Å². The highest BCUT2D eigenvalue weighted by Gasteiger charge is 2.31. The summed E-state index contributed by atoms with van der Waals surface area (Å²) in [6, 6.07) is 12.1. The summed E-state index contributed by atoms with van der Waals surface area (Å²) in [6.45, 7) is 10.8. The molecule has 164 valence electrons. The number of carbonyl (C=O) groups is 1. The van der Waals surface area contributed by atoms with Gasteiger partial charge in [-0.2, -0.15) is 0 Å². The number of anilines is 1. The average molecular weight is 422 g/mol. The van der Waals surface area contributed by atoms with Crippen LogP contribution in [0.25, 0.3) is 0 Å². The van der Waals surface area contributed by atoms with Crippen LogP contribution in [0.1, 0.15) is 43.4 Å². The fourth-order valence-electron chi connectivity index (χ4n) is 3.90. The average Bonchev–Trinajstić information content (AvgIpc) is 2.75. The molecule has 0 spiro atoms. The lowest BCUT2D eigenvalue weighted by atomic mass is 9.84. The molecule has 2 aromatic rings. The van der Waals surface area contributed by atoms with Gasteiger partial charge < -0.3 is 19.1 Å². The lowest BCUT2D eigenvalue weighted by Crippen LogP contribution is -2.25. The van der Waals surface area contributed by atoms with Crippen LogP contribution in [0.15, 0.2) is 59.9 Å². The van der Waals surface area contributed by atoms with Crippen molar-refractivity contribution in [3.8, 4) is 11.5 Å². The van der Waals surface area contributed by atoms with E-state index in [1.54, 1.807) is 7.11 Å². The van der Waals surface area contributed by atoms with Gasteiger partial charge in [0.15, 0.2) is 11.5 Å². The highest BCUT2D eigenvalue weighted by Crippen LogP contribution is 2.41. The monoisotopic (exact) mass is 421 g/mol. The number of rotatable bonds is 7. The molecule has 0 amide bonds. The summed E-state index contributed by atoms with van der Waals surface area (Å²) < 4.78 is 16.6. The van der Waals surface area contributed by atoms with E-state index in [0.717, 1.165) is 28.0 Å². The summed E-state index contributed by atoms with van der Waals surface area (Å²) in [5, 5.41) is 0. The largest absolute Gasteiger partial charge is 0.493 e. The normalized spacial score (nSPS) is 15.8. The van der Waals surface area contributed by atoms with Crippen LogP contribution in [-0.2, 0) is 9.53 Å². The van der Waals surface area contributed by atoms with Crippen LogP contribution in [-0.4, -0.2) is 26.3 Å². The maximum Gasteiger partial charge on any atom is 0.336 e. The second-order valence-electron chi connectivity index (χ2n) is 7.65. The molecule has 31 heavy (non-hydrogen) atoms. The zero-order chi connectivity index (χ0) is 22.5. The van der Waals surface area contributed by atoms with E-state index < -0.39 is 0 Å². The second-order valence-corrected chi connectivity index (χ2v) is 7.65. The Labute approximate surface area is 184 Å². The van der Waals surface area contributed by atoms with Crippen molar-refractivity contribution in [2.24, 2.45) is 0 Å². The Morgan fingerprint density at radius 1 is 0.968 bits per heavy atom. The van der Waals surface area contributed by atoms with E-state index >= 15 is 0 Å². The molecule has 5 nitrogen and oxygen atoms in total. The Morgan fingerprint density at radius 2 is 1.74 bits per heavy atom. The summed E-state index contributed by atoms with van der Waals surface area (Å²) in [6.07, 6.45) is 3.97. The SMILES string of the molecule is CCOC(=O)C1=CN(c2cc(C)ccc2C)C=C(C)C1c1ccc(OCC)c(OC)c1. The van der Waals surface area contributed by atoms with Gasteiger partial charge in [-0.25, -0.2) is 4.79 Å². The van der Waals surface area contributed by atoms with Crippen molar-refractivity contribution in [2.75, 3.05) is 25.2 Å². The van der Waals surface area contributed by atoms with E-state index in [-0.39, 0.29) is 11.9 Å². The molecule has 3 rings (SSSR count). The molecule has 0 fully saturated rings. The molecule has 1 unspecified atom stereocenters. The maximum absolute atomic E-state index is 13.0. The van der Waals surface area contributed by atoms with E-state index in [1.165, 1.54) is 0 Å². The summed E-state index contributed by atoms with van der Waals surface area (Å²) in [5.74, 6) is 0.783. The minimum absolute atomic E-state index is 0.231. The molecule has 1 atom stereocenters. The summed E-state index contributed by atoms with van der Waals surface area (Å²) in [5.41, 5.74) is 5.93. The van der Waals surface area contributed by atoms with E-state index in [1.807, 2.05) is 50.1 Å². The number of aryl methyl sites for hydroxylation is 2. The molecule has 0 saturated carbocycles. The lowest BCUT2D eigenvalue weighted by Gasteiger charge is -2.31. The molecule has 0 aliphatic carbocycles. The Balaban J connectivity index is 2.09. The van der Waals surface area contributed by atoms with E-state index in [0.29, 0.717) is 30.3 Å². The number of hydrogen-bond donors (Lipinski definition) is 0. The van der Waals surface area contributed by atoms with Gasteiger partial charge in [-0.15, -0.1) is 0 Å². The number of nitrogens with zero attached hydrogens (tertiary/aromatic N) is 1. The number of methoxy groups -OCH3 is 1. The third-order valence-electron chi connectivity index (χ3n) is 5.36. The molecule has 0 saturated heterocycles. The predicted molar refractivity (Wildman–Crippen MR) is 124 cm³/mol. The van der Waals surface area contributed by atoms with Crippen LogP contribution in [0.3, 0.4) is 0 Å². The third-order valence-corrected chi connectivity index (χ3v) is 5.36. The number of ether oxygens (including phenoxy) is 3. The lowest BCUT2D eigenvalue weighted by molar-refractivity contribution is -0.138. The van der Waals surface area contributed by atoms with Crippen molar-refractivity contribution in [3.05, 3.63) is 76.6 Å². The molecule has 0 radical (unpaired) electrons. The molecule has 0 bridgehead atoms. The molecule has 1 aliphatic heterocycles. The molecule has 0 aromatic heterocycles. The number of allylic oxidation sites excluding steroid dienone is 1. The Morgan fingerprint density at radius 3 is 2.42 bits per heavy atom. The molecular weight excluding hydrogens is 390 g/mol. The van der Waals surface area contributed by atoms with E-state index in [9.17, 15) is 4.79 Å². The highest BCUT2D eigenvalue weighted by atomic mass is 16.5. The van der Waals surface area contributed by atoms with Crippen LogP contribution in [0.2, 0.25) is 0 Å². The topological polar surface area (TPSA) is 48.0 Å². The Hall–Kier alpha value is -3.21. The number of hydrogen-bond acceptors (Lipinski definition) is 5. The van der Waals surface area contributed by atoms with Crippen molar-refractivity contribution in [1.29, 1.82) is 0 Å². The minimum atomic E-state index is -0.317. The Bertz CT molecular complexity index is 1020. The van der Waals surface area contributed by atoms with Crippen LogP contribution < -0.4 is 14.4 Å². The van der Waals surface area contributed by atoms with Crippen molar-refractivity contribution in [3.63, 3.8) is 0 Å². The van der Waals surface area contributed by atoms with E-state index in [2.05, 4.69) is 38.2 Å². The molecule has 5 heteroatoms. The predicted octanol–water partition coefficient (Wildman–Crippen LogP) is 5.67. The summed E-state index contributed by atoms with van der Waals surface area (Å²) >= 11 is 0. The smallest absolute Gasteiger partial charge is 0.336 e. The van der Waals surface area contributed by atoms with Crippen molar-refractivity contribution >= 4 is 11.7 Å². The number of carbonyl (C=O) groups excluding carboxylic acids is 1. The third kappa shape index (κ3) is 4.76. The minimum Gasteiger partial charge on any atom is -0.493 e. The van der Waals surface area contributed by atoms with Gasteiger partial charge >= 0.3 is 5.97 Å². The van der Waals surface area contributed by atoms with Crippen LogP contribution in [0, 0.1) is 13.8 Å². The van der Waals surface area contributed by atoms with Gasteiger partial charge in [0.2, 0.25) is 0 Å². The molecule has 1 aliphatic rings. The van der Waals surface area contributed by atoms with Gasteiger partial charge in [0, 0.05) is 24.0 Å². The zero-order valence-corrected chi connectivity index (χ0v) is 19.2. The molecule has 1 heterocycles. The molecule has 0 N–H and O–H groups in total. The van der Waals surface area contributed by atoms with E-state index in [4.69, 9.17) is 14.2 Å². The standard InChI is InChI=1S/C26H31NO4/c1-7-30-23-12-11-20(14-24(23)29-6)25-19(5)15-27(16-21(25)26(28)31-8-2)22-13-17(3)9-10-18(22)4/h9-16,25H,7-8H2,1-6H3. The van der Waals surface area contributed by atoms with Gasteiger partial charge in [-0.3, -0.25) is 0 Å². The fourth-order valence-corrected chi connectivity index (χ4v) is 3.90. The van der Waals surface area contributed by atoms with Gasteiger partial charge in [0.25, 0.3) is 0 Å². The summed E-state index contributed by atoms with van der Waals surface area (Å²) in [4.78, 5) is 15.0. The van der Waals surface area contributed by atoms with Crippen molar-refractivity contribution in [1.82, 2.24) is 0 Å². The van der Waals surface area contributed by atoms with Gasteiger partial charge in [-0.05, 0) is 75.1 Å². The maximum atomic E-state index is 13.0. The first-order chi connectivity index (χ1) is 14.9. The van der Waals surface area contributed by atoms with Crippen LogP contribution in [0.5, 0.6) is 11.5 Å². The quantitative estimate of drug-likeness (QED) is 0.540. The number of esters is 1. The van der Waals surface area contributed by atoms with Gasteiger partial charge in [-0.1, -0.05) is 18.2 Å². The second kappa shape index (κ2) is 9.73. The first-order valence-corrected chi connectivity index (χ1v) is 10.6. The zero-order valence-electron chi connectivity index (χ0n) is 19.2. The highest BCUT2D eigenvalue weighted by molar-refractivity contribution is 5.92. The van der Waals surface area contributed by atoms with Crippen molar-refractivity contribution in [2.45, 2.75) is 40.5 Å². The van der Waals surface area contributed by atoms with Crippen LogP contribution >= 0.6 is 0 Å².